The predicted octanol–water partition coefficient (Wildman–Crippen LogP) is 4.16. The maximum Gasteiger partial charge on any atom is 0.129 e. The molecule has 2 nitrogen and oxygen atoms in total. The van der Waals surface area contributed by atoms with E-state index in [9.17, 15) is 4.39 Å². The molecule has 2 aromatic rings. The summed E-state index contributed by atoms with van der Waals surface area (Å²) in [5, 5.41) is 0. The molecule has 4 heteroatoms. The number of thiocarbonyl (C=S) groups is 1. The average molecular weight is 303 g/mol. The summed E-state index contributed by atoms with van der Waals surface area (Å²) in [4.78, 5) is 0.248. The maximum atomic E-state index is 13.8. The van der Waals surface area contributed by atoms with Crippen LogP contribution in [0.4, 0.5) is 4.39 Å². The first-order chi connectivity index (χ1) is 9.97. The van der Waals surface area contributed by atoms with Crippen LogP contribution in [-0.2, 0) is 6.61 Å². The number of benzene rings is 2. The van der Waals surface area contributed by atoms with E-state index in [1.165, 1.54) is 11.6 Å². The van der Waals surface area contributed by atoms with Gasteiger partial charge in [0.25, 0.3) is 0 Å². The standard InChI is InChI=1S/C17H18FNOS/c1-11(2)12-4-3-5-15(9-12)20-10-14-8-13(17(19)21)6-7-16(14)18/h3-9,11H,10H2,1-2H3,(H2,19,21). The molecule has 0 unspecified atom stereocenters. The van der Waals surface area contributed by atoms with Crippen LogP contribution >= 0.6 is 12.2 Å². The van der Waals surface area contributed by atoms with E-state index in [1.807, 2.05) is 24.3 Å². The molecule has 0 aliphatic carbocycles. The van der Waals surface area contributed by atoms with Crippen LogP contribution in [0, 0.1) is 5.82 Å². The molecule has 0 aromatic heterocycles. The van der Waals surface area contributed by atoms with Gasteiger partial charge in [-0.05, 0) is 41.8 Å². The van der Waals surface area contributed by atoms with E-state index in [0.29, 0.717) is 17.0 Å². The molecule has 0 atom stereocenters. The van der Waals surface area contributed by atoms with E-state index >= 15 is 0 Å². The summed E-state index contributed by atoms with van der Waals surface area (Å²) in [6, 6.07) is 12.4. The third kappa shape index (κ3) is 4.02. The molecule has 0 bridgehead atoms. The van der Waals surface area contributed by atoms with Crippen LogP contribution < -0.4 is 10.5 Å². The summed E-state index contributed by atoms with van der Waals surface area (Å²) in [5.41, 5.74) is 7.83. The van der Waals surface area contributed by atoms with Gasteiger partial charge in [0.1, 0.15) is 23.2 Å². The summed E-state index contributed by atoms with van der Waals surface area (Å²) >= 11 is 4.90. The Balaban J connectivity index is 2.14. The topological polar surface area (TPSA) is 35.2 Å². The number of nitrogens with two attached hydrogens (primary N) is 1. The highest BCUT2D eigenvalue weighted by atomic mass is 32.1. The van der Waals surface area contributed by atoms with Gasteiger partial charge < -0.3 is 10.5 Å². The zero-order valence-corrected chi connectivity index (χ0v) is 12.9. The summed E-state index contributed by atoms with van der Waals surface area (Å²) in [6.07, 6.45) is 0. The number of ether oxygens (including phenoxy) is 1. The van der Waals surface area contributed by atoms with Gasteiger partial charge in [0.15, 0.2) is 0 Å². The summed E-state index contributed by atoms with van der Waals surface area (Å²) in [5.74, 6) is 0.819. The molecule has 0 heterocycles. The fraction of sp³-hybridized carbons (Fsp3) is 0.235. The Morgan fingerprint density at radius 1 is 1.24 bits per heavy atom. The van der Waals surface area contributed by atoms with Crippen molar-refractivity contribution >= 4 is 17.2 Å². The normalized spacial score (nSPS) is 10.7. The molecule has 2 N–H and O–H groups in total. The van der Waals surface area contributed by atoms with Crippen LogP contribution in [0.5, 0.6) is 5.75 Å². The van der Waals surface area contributed by atoms with Gasteiger partial charge in [0.2, 0.25) is 0 Å². The zero-order valence-electron chi connectivity index (χ0n) is 12.1. The highest BCUT2D eigenvalue weighted by molar-refractivity contribution is 7.80. The van der Waals surface area contributed by atoms with Crippen LogP contribution in [0.3, 0.4) is 0 Å². The molecule has 0 radical (unpaired) electrons. The number of hydrogen-bond donors (Lipinski definition) is 1. The fourth-order valence-corrected chi connectivity index (χ4v) is 2.09. The molecule has 0 aliphatic heterocycles. The summed E-state index contributed by atoms with van der Waals surface area (Å²) in [6.45, 7) is 4.37. The molecule has 2 rings (SSSR count). The first kappa shape index (κ1) is 15.4. The maximum absolute atomic E-state index is 13.8. The molecule has 0 amide bonds. The number of halogens is 1. The van der Waals surface area contributed by atoms with Crippen LogP contribution in [0.15, 0.2) is 42.5 Å². The molecular formula is C17H18FNOS. The van der Waals surface area contributed by atoms with Crippen molar-refractivity contribution in [1.82, 2.24) is 0 Å². The molecule has 0 saturated heterocycles. The molecule has 0 spiro atoms. The minimum atomic E-state index is -0.324. The van der Waals surface area contributed by atoms with Crippen molar-refractivity contribution in [2.24, 2.45) is 5.73 Å². The molecule has 0 fully saturated rings. The van der Waals surface area contributed by atoms with Gasteiger partial charge in [-0.1, -0.05) is 38.2 Å². The summed E-state index contributed by atoms with van der Waals surface area (Å²) < 4.78 is 19.5. The molecule has 0 aliphatic rings. The Morgan fingerprint density at radius 2 is 2.00 bits per heavy atom. The lowest BCUT2D eigenvalue weighted by molar-refractivity contribution is 0.299. The molecule has 21 heavy (non-hydrogen) atoms. The second kappa shape index (κ2) is 6.68. The van der Waals surface area contributed by atoms with E-state index < -0.39 is 0 Å². The quantitative estimate of drug-likeness (QED) is 0.842. The van der Waals surface area contributed by atoms with E-state index in [1.54, 1.807) is 12.1 Å². The van der Waals surface area contributed by atoms with Gasteiger partial charge in [-0.3, -0.25) is 0 Å². The minimum Gasteiger partial charge on any atom is -0.489 e. The lowest BCUT2D eigenvalue weighted by atomic mass is 10.0. The van der Waals surface area contributed by atoms with Crippen molar-refractivity contribution in [2.75, 3.05) is 0 Å². The van der Waals surface area contributed by atoms with Gasteiger partial charge in [-0.15, -0.1) is 0 Å². The number of rotatable bonds is 5. The van der Waals surface area contributed by atoms with Crippen molar-refractivity contribution in [3.8, 4) is 5.75 Å². The Morgan fingerprint density at radius 3 is 2.67 bits per heavy atom. The minimum absolute atomic E-state index is 0.143. The van der Waals surface area contributed by atoms with Crippen LogP contribution in [0.2, 0.25) is 0 Å². The SMILES string of the molecule is CC(C)c1cccc(OCc2cc(C(N)=S)ccc2F)c1. The van der Waals surface area contributed by atoms with Crippen LogP contribution in [-0.4, -0.2) is 4.99 Å². The van der Waals surface area contributed by atoms with E-state index in [-0.39, 0.29) is 17.4 Å². The first-order valence-corrected chi connectivity index (χ1v) is 7.19. The third-order valence-corrected chi connectivity index (χ3v) is 3.49. The molecule has 110 valence electrons. The second-order valence-electron chi connectivity index (χ2n) is 5.19. The Hall–Kier alpha value is -1.94. The largest absolute Gasteiger partial charge is 0.489 e. The Kier molecular flexibility index (Phi) is 4.91. The molecular weight excluding hydrogens is 285 g/mol. The fourth-order valence-electron chi connectivity index (χ4n) is 1.96. The smallest absolute Gasteiger partial charge is 0.129 e. The van der Waals surface area contributed by atoms with E-state index in [0.717, 1.165) is 5.75 Å². The first-order valence-electron chi connectivity index (χ1n) is 6.78. The van der Waals surface area contributed by atoms with Gasteiger partial charge in [-0.2, -0.15) is 0 Å². The second-order valence-corrected chi connectivity index (χ2v) is 5.63. The zero-order chi connectivity index (χ0) is 15.4. The Labute approximate surface area is 129 Å². The molecule has 0 saturated carbocycles. The average Bonchev–Trinajstić information content (AvgIpc) is 2.46. The van der Waals surface area contributed by atoms with E-state index in [2.05, 4.69) is 13.8 Å². The van der Waals surface area contributed by atoms with Crippen LogP contribution in [0.1, 0.15) is 36.5 Å². The monoisotopic (exact) mass is 303 g/mol. The molecule has 2 aromatic carbocycles. The third-order valence-electron chi connectivity index (χ3n) is 3.25. The summed E-state index contributed by atoms with van der Waals surface area (Å²) in [7, 11) is 0. The van der Waals surface area contributed by atoms with Crippen LogP contribution in [0.25, 0.3) is 0 Å². The van der Waals surface area contributed by atoms with Crippen molar-refractivity contribution < 1.29 is 9.13 Å². The Bertz CT molecular complexity index is 655. The van der Waals surface area contributed by atoms with Crippen molar-refractivity contribution in [2.45, 2.75) is 26.4 Å². The lowest BCUT2D eigenvalue weighted by Gasteiger charge is -2.11. The van der Waals surface area contributed by atoms with Crippen molar-refractivity contribution in [3.05, 3.63) is 65.0 Å². The number of hydrogen-bond acceptors (Lipinski definition) is 2. The highest BCUT2D eigenvalue weighted by Crippen LogP contribution is 2.21. The lowest BCUT2D eigenvalue weighted by Crippen LogP contribution is -2.10. The van der Waals surface area contributed by atoms with E-state index in [4.69, 9.17) is 22.7 Å². The van der Waals surface area contributed by atoms with Gasteiger partial charge in [0, 0.05) is 11.1 Å². The predicted molar refractivity (Wildman–Crippen MR) is 87.2 cm³/mol. The van der Waals surface area contributed by atoms with Gasteiger partial charge in [0.05, 0.1) is 0 Å². The highest BCUT2D eigenvalue weighted by Gasteiger charge is 2.07. The van der Waals surface area contributed by atoms with Gasteiger partial charge >= 0.3 is 0 Å². The van der Waals surface area contributed by atoms with Crippen molar-refractivity contribution in [1.29, 1.82) is 0 Å². The van der Waals surface area contributed by atoms with Crippen molar-refractivity contribution in [3.63, 3.8) is 0 Å². The van der Waals surface area contributed by atoms with Gasteiger partial charge in [-0.25, -0.2) is 4.39 Å².